The third-order valence-electron chi connectivity index (χ3n) is 2.81. The van der Waals surface area contributed by atoms with Crippen molar-refractivity contribution in [1.29, 1.82) is 0 Å². The zero-order valence-electron chi connectivity index (χ0n) is 10.2. The fourth-order valence-electron chi connectivity index (χ4n) is 1.99. The summed E-state index contributed by atoms with van der Waals surface area (Å²) >= 11 is 15.3. The Labute approximate surface area is 126 Å². The predicted octanol–water partition coefficient (Wildman–Crippen LogP) is 5.40. The van der Waals surface area contributed by atoms with Gasteiger partial charge in [0.25, 0.3) is 0 Å². The Hall–Kier alpha value is -0.0600. The highest BCUT2D eigenvalue weighted by Crippen LogP contribution is 2.35. The third-order valence-corrected chi connectivity index (χ3v) is 5.06. The molecule has 18 heavy (non-hydrogen) atoms. The number of hydrogen-bond acceptors (Lipinski definition) is 3. The van der Waals surface area contributed by atoms with E-state index in [1.165, 1.54) is 16.9 Å². The van der Waals surface area contributed by atoms with Crippen LogP contribution in [0.25, 0.3) is 0 Å². The smallest absolute Gasteiger partial charge is 0.0991 e. The average Bonchev–Trinajstić information content (AvgIpc) is 2.88. The van der Waals surface area contributed by atoms with Gasteiger partial charge in [-0.25, -0.2) is 0 Å². The summed E-state index contributed by atoms with van der Waals surface area (Å²) in [6.07, 6.45) is 1.03. The molecule has 0 saturated carbocycles. The van der Waals surface area contributed by atoms with Gasteiger partial charge < -0.3 is 5.32 Å². The Morgan fingerprint density at radius 3 is 2.67 bits per heavy atom. The van der Waals surface area contributed by atoms with Gasteiger partial charge in [0.15, 0.2) is 0 Å². The molecule has 0 aliphatic heterocycles. The van der Waals surface area contributed by atoms with Crippen molar-refractivity contribution in [3.63, 3.8) is 0 Å². The van der Waals surface area contributed by atoms with Crippen LogP contribution in [-0.4, -0.2) is 6.04 Å². The molecular weight excluding hydrogens is 305 g/mol. The van der Waals surface area contributed by atoms with Crippen LogP contribution in [0.2, 0.25) is 8.67 Å². The van der Waals surface area contributed by atoms with E-state index in [0.717, 1.165) is 20.7 Å². The lowest BCUT2D eigenvalue weighted by molar-refractivity contribution is 0.478. The van der Waals surface area contributed by atoms with Crippen molar-refractivity contribution in [3.05, 3.63) is 42.7 Å². The molecule has 2 aromatic rings. The van der Waals surface area contributed by atoms with Gasteiger partial charge in [-0.15, -0.1) is 11.3 Å². The van der Waals surface area contributed by atoms with Crippen LogP contribution in [0.4, 0.5) is 0 Å². The van der Waals surface area contributed by atoms with E-state index < -0.39 is 0 Å². The molecule has 2 atom stereocenters. The molecule has 0 radical (unpaired) electrons. The molecule has 2 aromatic heterocycles. The molecule has 0 saturated heterocycles. The number of hydrogen-bond donors (Lipinski definition) is 1. The fraction of sp³-hybridized carbons (Fsp3) is 0.385. The zero-order chi connectivity index (χ0) is 13.1. The van der Waals surface area contributed by atoms with Gasteiger partial charge >= 0.3 is 0 Å². The molecule has 5 heteroatoms. The summed E-state index contributed by atoms with van der Waals surface area (Å²) in [6.45, 7) is 4.31. The van der Waals surface area contributed by atoms with Crippen LogP contribution < -0.4 is 5.32 Å². The molecule has 98 valence electrons. The maximum Gasteiger partial charge on any atom is 0.0991 e. The monoisotopic (exact) mass is 319 g/mol. The topological polar surface area (TPSA) is 12.0 Å². The first-order valence-electron chi connectivity index (χ1n) is 5.78. The van der Waals surface area contributed by atoms with Crippen LogP contribution in [0, 0.1) is 0 Å². The second-order valence-corrected chi connectivity index (χ2v) is 7.47. The van der Waals surface area contributed by atoms with Gasteiger partial charge in [0, 0.05) is 12.1 Å². The number of halogens is 2. The van der Waals surface area contributed by atoms with Crippen LogP contribution in [0.5, 0.6) is 0 Å². The zero-order valence-corrected chi connectivity index (χ0v) is 13.4. The molecule has 0 aliphatic rings. The Bertz CT molecular complexity index is 493. The van der Waals surface area contributed by atoms with Crippen molar-refractivity contribution in [2.45, 2.75) is 32.4 Å². The quantitative estimate of drug-likeness (QED) is 0.778. The van der Waals surface area contributed by atoms with Gasteiger partial charge in [0.1, 0.15) is 0 Å². The Balaban J connectivity index is 1.94. The average molecular weight is 320 g/mol. The summed E-state index contributed by atoms with van der Waals surface area (Å²) in [4.78, 5) is 0. The van der Waals surface area contributed by atoms with Crippen LogP contribution in [0.3, 0.4) is 0 Å². The minimum absolute atomic E-state index is 0.217. The highest BCUT2D eigenvalue weighted by Gasteiger charge is 2.15. The van der Waals surface area contributed by atoms with Crippen LogP contribution in [0.15, 0.2) is 22.9 Å². The van der Waals surface area contributed by atoms with Crippen molar-refractivity contribution < 1.29 is 0 Å². The van der Waals surface area contributed by atoms with Crippen LogP contribution in [0.1, 0.15) is 31.0 Å². The first-order chi connectivity index (χ1) is 8.56. The number of rotatable bonds is 5. The van der Waals surface area contributed by atoms with Gasteiger partial charge in [-0.2, -0.15) is 11.3 Å². The summed E-state index contributed by atoms with van der Waals surface area (Å²) in [5, 5.41) is 7.86. The van der Waals surface area contributed by atoms with Crippen molar-refractivity contribution in [2.75, 3.05) is 0 Å². The molecule has 2 heterocycles. The molecule has 0 bridgehead atoms. The highest BCUT2D eigenvalue weighted by molar-refractivity contribution is 7.20. The van der Waals surface area contributed by atoms with Crippen molar-refractivity contribution in [2.24, 2.45) is 0 Å². The van der Waals surface area contributed by atoms with Gasteiger partial charge in [-0.3, -0.25) is 0 Å². The summed E-state index contributed by atoms with van der Waals surface area (Å²) in [5.74, 6) is 0. The third kappa shape index (κ3) is 3.72. The second-order valence-electron chi connectivity index (χ2n) is 4.40. The molecule has 1 N–H and O–H groups in total. The van der Waals surface area contributed by atoms with Gasteiger partial charge in [0.05, 0.1) is 8.67 Å². The normalized spacial score (nSPS) is 14.7. The van der Waals surface area contributed by atoms with E-state index in [-0.39, 0.29) is 6.04 Å². The van der Waals surface area contributed by atoms with Gasteiger partial charge in [-0.1, -0.05) is 23.2 Å². The lowest BCUT2D eigenvalue weighted by atomic mass is 10.1. The fourth-order valence-corrected chi connectivity index (χ4v) is 4.31. The maximum atomic E-state index is 6.16. The van der Waals surface area contributed by atoms with E-state index in [2.05, 4.69) is 36.0 Å². The summed E-state index contributed by atoms with van der Waals surface area (Å²) in [7, 11) is 0. The van der Waals surface area contributed by atoms with Crippen LogP contribution >= 0.6 is 45.9 Å². The van der Waals surface area contributed by atoms with Gasteiger partial charge in [-0.05, 0) is 54.3 Å². The van der Waals surface area contributed by atoms with Gasteiger partial charge in [0.2, 0.25) is 0 Å². The maximum absolute atomic E-state index is 6.16. The van der Waals surface area contributed by atoms with E-state index >= 15 is 0 Å². The lowest BCUT2D eigenvalue weighted by Crippen LogP contribution is -2.30. The molecule has 0 aromatic carbocycles. The Kier molecular flexibility index (Phi) is 5.10. The molecular formula is C13H15Cl2NS2. The van der Waals surface area contributed by atoms with E-state index in [4.69, 9.17) is 23.2 Å². The van der Waals surface area contributed by atoms with E-state index in [1.54, 1.807) is 11.3 Å². The highest BCUT2D eigenvalue weighted by atomic mass is 35.5. The molecule has 0 fully saturated rings. The van der Waals surface area contributed by atoms with E-state index in [1.807, 2.05) is 6.07 Å². The molecule has 1 nitrogen and oxygen atoms in total. The second kappa shape index (κ2) is 6.40. The Morgan fingerprint density at radius 1 is 1.33 bits per heavy atom. The minimum atomic E-state index is 0.217. The molecule has 0 aliphatic carbocycles. The molecule has 0 amide bonds. The molecule has 0 spiro atoms. The lowest BCUT2D eigenvalue weighted by Gasteiger charge is -2.19. The SMILES string of the molecule is CC(Cc1ccsc1)NC(C)c1cc(Cl)sc1Cl. The number of thiophene rings is 2. The summed E-state index contributed by atoms with van der Waals surface area (Å²) in [6, 6.07) is 4.74. The largest absolute Gasteiger partial charge is 0.307 e. The predicted molar refractivity (Wildman–Crippen MR) is 83.4 cm³/mol. The first kappa shape index (κ1) is 14.4. The molecule has 2 unspecified atom stereocenters. The number of nitrogens with one attached hydrogen (secondary N) is 1. The molecule has 2 rings (SSSR count). The van der Waals surface area contributed by atoms with Crippen LogP contribution in [-0.2, 0) is 6.42 Å². The van der Waals surface area contributed by atoms with E-state index in [9.17, 15) is 0 Å². The minimum Gasteiger partial charge on any atom is -0.307 e. The summed E-state index contributed by atoms with van der Waals surface area (Å²) < 4.78 is 1.52. The van der Waals surface area contributed by atoms with Crippen molar-refractivity contribution in [1.82, 2.24) is 5.32 Å². The Morgan fingerprint density at radius 2 is 2.11 bits per heavy atom. The summed E-state index contributed by atoms with van der Waals surface area (Å²) in [5.41, 5.74) is 2.46. The standard InChI is InChI=1S/C13H15Cl2NS2/c1-8(5-10-3-4-17-7-10)16-9(2)11-6-12(14)18-13(11)15/h3-4,6-9,16H,5H2,1-2H3. The van der Waals surface area contributed by atoms with E-state index in [0.29, 0.717) is 6.04 Å². The van der Waals surface area contributed by atoms with Crippen molar-refractivity contribution in [3.8, 4) is 0 Å². The van der Waals surface area contributed by atoms with Crippen molar-refractivity contribution >= 4 is 45.9 Å². The first-order valence-corrected chi connectivity index (χ1v) is 8.29.